The van der Waals surface area contributed by atoms with E-state index in [2.05, 4.69) is 41.5 Å². The summed E-state index contributed by atoms with van der Waals surface area (Å²) in [7, 11) is 0. The standard InChI is InChI=1S/2C7H15.Al.H/c2*1-5-7(4)6(2)3;;/h2*6-7H,2,5H2,1,3-4H3;;. The third kappa shape index (κ3) is 6.65. The quantitative estimate of drug-likeness (QED) is 0.530. The van der Waals surface area contributed by atoms with Crippen LogP contribution in [0.5, 0.6) is 0 Å². The predicted molar refractivity (Wildman–Crippen MR) is 74.0 cm³/mol. The Balaban J connectivity index is 3.60. The average molecular weight is 226 g/mol. The molecule has 0 fully saturated rings. The summed E-state index contributed by atoms with van der Waals surface area (Å²) >= 11 is 0.212. The van der Waals surface area contributed by atoms with Crippen LogP contribution in [0.2, 0.25) is 10.6 Å². The molecule has 0 aromatic carbocycles. The number of hydrogen-bond acceptors (Lipinski definition) is 0. The second-order valence-electron chi connectivity index (χ2n) is 5.66. The van der Waals surface area contributed by atoms with Gasteiger partial charge < -0.3 is 0 Å². The van der Waals surface area contributed by atoms with Gasteiger partial charge in [0.2, 0.25) is 15.2 Å². The summed E-state index contributed by atoms with van der Waals surface area (Å²) in [6.07, 6.45) is 2.72. The van der Waals surface area contributed by atoms with E-state index < -0.39 is 0 Å². The molecule has 0 rings (SSSR count). The molecule has 0 nitrogen and oxygen atoms in total. The molecule has 0 bridgehead atoms. The highest BCUT2D eigenvalue weighted by Crippen LogP contribution is 2.22. The minimum atomic E-state index is 0.212. The van der Waals surface area contributed by atoms with Crippen LogP contribution in [0.15, 0.2) is 0 Å². The first-order valence-electron chi connectivity index (χ1n) is 7.02. The highest BCUT2D eigenvalue weighted by atomic mass is 27.1. The van der Waals surface area contributed by atoms with Crippen molar-refractivity contribution in [1.82, 2.24) is 0 Å². The van der Waals surface area contributed by atoms with Crippen LogP contribution in [0.1, 0.15) is 54.4 Å². The maximum absolute atomic E-state index is 2.45. The van der Waals surface area contributed by atoms with Crippen LogP contribution < -0.4 is 0 Å². The molecule has 4 atom stereocenters. The van der Waals surface area contributed by atoms with E-state index in [1.54, 1.807) is 10.6 Å². The van der Waals surface area contributed by atoms with E-state index in [1.165, 1.54) is 12.8 Å². The predicted octanol–water partition coefficient (Wildman–Crippen LogP) is 4.62. The van der Waals surface area contributed by atoms with Crippen molar-refractivity contribution in [1.29, 1.82) is 0 Å². The van der Waals surface area contributed by atoms with Gasteiger partial charge in [-0.15, -0.1) is 0 Å². The lowest BCUT2D eigenvalue weighted by Crippen LogP contribution is -2.13. The van der Waals surface area contributed by atoms with E-state index in [0.29, 0.717) is 0 Å². The molecule has 0 aliphatic carbocycles. The molecule has 0 saturated heterocycles. The second-order valence-corrected chi connectivity index (χ2v) is 7.52. The van der Waals surface area contributed by atoms with Crippen molar-refractivity contribution in [3.05, 3.63) is 0 Å². The Hall–Kier alpha value is 0.532. The summed E-state index contributed by atoms with van der Waals surface area (Å²) in [4.78, 5) is 0. The molecule has 0 heterocycles. The zero-order valence-corrected chi connectivity index (χ0v) is 13.3. The fourth-order valence-electron chi connectivity index (χ4n) is 2.14. The van der Waals surface area contributed by atoms with Gasteiger partial charge in [-0.25, -0.2) is 0 Å². The monoisotopic (exact) mass is 226 g/mol. The molecule has 1 heteroatoms. The van der Waals surface area contributed by atoms with Gasteiger partial charge in [-0.1, -0.05) is 76.8 Å². The van der Waals surface area contributed by atoms with Gasteiger partial charge in [0.05, 0.1) is 0 Å². The molecule has 15 heavy (non-hydrogen) atoms. The topological polar surface area (TPSA) is 0 Å². The summed E-state index contributed by atoms with van der Waals surface area (Å²) in [5, 5.41) is 3.13. The molecule has 4 unspecified atom stereocenters. The van der Waals surface area contributed by atoms with Crippen LogP contribution >= 0.6 is 0 Å². The molecule has 0 N–H and O–H groups in total. The lowest BCUT2D eigenvalue weighted by molar-refractivity contribution is 0.394. The van der Waals surface area contributed by atoms with E-state index in [0.717, 1.165) is 23.7 Å². The summed E-state index contributed by atoms with van der Waals surface area (Å²) in [5.74, 6) is 3.84. The van der Waals surface area contributed by atoms with Crippen LogP contribution in [-0.4, -0.2) is 15.2 Å². The third-order valence-corrected chi connectivity index (χ3v) is 7.19. The molecule has 0 spiro atoms. The molecule has 90 valence electrons. The first-order chi connectivity index (χ1) is 7.02. The second kappa shape index (κ2) is 8.66. The fourth-order valence-corrected chi connectivity index (χ4v) is 4.80. The molecule has 0 amide bonds. The third-order valence-electron chi connectivity index (χ3n) is 4.55. The smallest absolute Gasteiger partial charge is 0.0945 e. The minimum Gasteiger partial charge on any atom is -0.0945 e. The van der Waals surface area contributed by atoms with Crippen molar-refractivity contribution < 1.29 is 0 Å². The summed E-state index contributed by atoms with van der Waals surface area (Å²) in [6, 6.07) is 0. The normalized spacial score (nSPS) is 19.3. The van der Waals surface area contributed by atoms with E-state index in [-0.39, 0.29) is 15.2 Å². The van der Waals surface area contributed by atoms with Crippen molar-refractivity contribution in [2.75, 3.05) is 0 Å². The van der Waals surface area contributed by atoms with Gasteiger partial charge in [0.1, 0.15) is 0 Å². The van der Waals surface area contributed by atoms with Crippen molar-refractivity contribution in [2.45, 2.75) is 64.9 Å². The SMILES string of the molecule is CCC(C)C(C)[CH2][AlH][CH2]C(C)C(C)CC. The molecule has 0 aliphatic rings. The minimum absolute atomic E-state index is 0.212. The van der Waals surface area contributed by atoms with Crippen LogP contribution in [0.4, 0.5) is 0 Å². The summed E-state index contributed by atoms with van der Waals surface area (Å²) < 4.78 is 0. The lowest BCUT2D eigenvalue weighted by Gasteiger charge is -2.20. The number of hydrogen-bond donors (Lipinski definition) is 0. The molecule has 0 saturated carbocycles. The Morgan fingerprint density at radius 3 is 1.27 bits per heavy atom. The fraction of sp³-hybridized carbons (Fsp3) is 1.00. The van der Waals surface area contributed by atoms with Gasteiger partial charge in [-0.3, -0.25) is 0 Å². The van der Waals surface area contributed by atoms with E-state index in [4.69, 9.17) is 0 Å². The van der Waals surface area contributed by atoms with Crippen molar-refractivity contribution in [3.8, 4) is 0 Å². The molecule has 0 radical (unpaired) electrons. The lowest BCUT2D eigenvalue weighted by atomic mass is 9.95. The van der Waals surface area contributed by atoms with Crippen LogP contribution in [0.25, 0.3) is 0 Å². The van der Waals surface area contributed by atoms with E-state index >= 15 is 0 Å². The zero-order valence-electron chi connectivity index (χ0n) is 11.8. The maximum atomic E-state index is 2.45. The Bertz CT molecular complexity index is 128. The molecule has 0 aliphatic heterocycles. The van der Waals surface area contributed by atoms with Crippen LogP contribution in [-0.2, 0) is 0 Å². The van der Waals surface area contributed by atoms with Gasteiger partial charge in [0, 0.05) is 0 Å². The maximum Gasteiger partial charge on any atom is 0.237 e. The van der Waals surface area contributed by atoms with Gasteiger partial charge in [-0.2, -0.15) is 0 Å². The number of rotatable bonds is 8. The van der Waals surface area contributed by atoms with E-state index in [9.17, 15) is 0 Å². The average Bonchev–Trinajstić information content (AvgIpc) is 2.26. The highest BCUT2D eigenvalue weighted by molar-refractivity contribution is 6.35. The first kappa shape index (κ1) is 15.5. The van der Waals surface area contributed by atoms with Gasteiger partial charge in [0.15, 0.2) is 0 Å². The zero-order chi connectivity index (χ0) is 11.8. The largest absolute Gasteiger partial charge is 0.237 e. The molecular formula is C14H31Al. The molecular weight excluding hydrogens is 195 g/mol. The Kier molecular flexibility index (Phi) is 8.97. The highest BCUT2D eigenvalue weighted by Gasteiger charge is 2.14. The van der Waals surface area contributed by atoms with Crippen molar-refractivity contribution in [2.24, 2.45) is 23.7 Å². The van der Waals surface area contributed by atoms with Crippen molar-refractivity contribution >= 4 is 15.2 Å². The summed E-state index contributed by atoms with van der Waals surface area (Å²) in [6.45, 7) is 14.4. The van der Waals surface area contributed by atoms with Gasteiger partial charge in [0.25, 0.3) is 0 Å². The van der Waals surface area contributed by atoms with E-state index in [1.807, 2.05) is 0 Å². The van der Waals surface area contributed by atoms with Gasteiger partial charge in [-0.05, 0) is 11.8 Å². The Morgan fingerprint density at radius 2 is 1.00 bits per heavy atom. The summed E-state index contributed by atoms with van der Waals surface area (Å²) in [5.41, 5.74) is 0. The molecule has 0 aromatic heterocycles. The Labute approximate surface area is 104 Å². The van der Waals surface area contributed by atoms with Crippen molar-refractivity contribution in [3.63, 3.8) is 0 Å². The van der Waals surface area contributed by atoms with Gasteiger partial charge >= 0.3 is 0 Å². The Morgan fingerprint density at radius 1 is 0.667 bits per heavy atom. The van der Waals surface area contributed by atoms with Crippen LogP contribution in [0.3, 0.4) is 0 Å². The molecule has 0 aromatic rings. The first-order valence-corrected chi connectivity index (χ1v) is 9.02. The van der Waals surface area contributed by atoms with Crippen LogP contribution in [0, 0.1) is 23.7 Å².